The second-order valence-electron chi connectivity index (χ2n) is 7.55. The second-order valence-corrected chi connectivity index (χ2v) is 9.44. The monoisotopic (exact) mass is 434 g/mol. The molecular formula is C21H26N2O6S. The van der Waals surface area contributed by atoms with Crippen LogP contribution in [0.15, 0.2) is 47.4 Å². The molecule has 30 heavy (non-hydrogen) atoms. The minimum Gasteiger partial charge on any atom is -0.489 e. The van der Waals surface area contributed by atoms with Gasteiger partial charge in [-0.3, -0.25) is 10.0 Å². The highest BCUT2D eigenvalue weighted by atomic mass is 32.2. The lowest BCUT2D eigenvalue weighted by atomic mass is 10.0. The largest absolute Gasteiger partial charge is 0.489 e. The van der Waals surface area contributed by atoms with Gasteiger partial charge in [0.15, 0.2) is 0 Å². The first kappa shape index (κ1) is 22.2. The molecule has 1 amide bonds. The highest BCUT2D eigenvalue weighted by Crippen LogP contribution is 2.27. The quantitative estimate of drug-likeness (QED) is 0.472. The predicted octanol–water partition coefficient (Wildman–Crippen LogP) is 1.90. The molecule has 1 aliphatic rings. The molecule has 8 nitrogen and oxygen atoms in total. The molecule has 3 rings (SSSR count). The minimum atomic E-state index is -4.05. The van der Waals surface area contributed by atoms with Gasteiger partial charge < -0.3 is 9.84 Å². The van der Waals surface area contributed by atoms with Crippen LogP contribution in [0.1, 0.15) is 29.5 Å². The van der Waals surface area contributed by atoms with E-state index in [9.17, 15) is 18.3 Å². The number of amides is 1. The molecule has 1 heterocycles. The lowest BCUT2D eigenvalue weighted by molar-refractivity contribution is -0.135. The summed E-state index contributed by atoms with van der Waals surface area (Å²) >= 11 is 0. The number of β-amino-alcohol motifs (C(OH)–C–C–N with tert-alkyl or cyclic N) is 1. The number of nitrogens with one attached hydrogen (secondary N) is 1. The fourth-order valence-corrected chi connectivity index (χ4v) is 5.34. The van der Waals surface area contributed by atoms with E-state index < -0.39 is 28.1 Å². The van der Waals surface area contributed by atoms with E-state index in [1.165, 1.54) is 17.6 Å². The molecule has 0 saturated carbocycles. The molecule has 9 heteroatoms. The Hall–Kier alpha value is -2.46. The summed E-state index contributed by atoms with van der Waals surface area (Å²) < 4.78 is 32.8. The number of carbonyl (C=O) groups is 1. The number of hydrogen-bond acceptors (Lipinski definition) is 6. The van der Waals surface area contributed by atoms with Gasteiger partial charge in [0.1, 0.15) is 18.4 Å². The Morgan fingerprint density at radius 1 is 1.13 bits per heavy atom. The maximum absolute atomic E-state index is 13.0. The van der Waals surface area contributed by atoms with Crippen molar-refractivity contribution in [2.75, 3.05) is 6.54 Å². The van der Waals surface area contributed by atoms with E-state index >= 15 is 0 Å². The lowest BCUT2D eigenvalue weighted by Gasteiger charge is -2.35. The predicted molar refractivity (Wildman–Crippen MR) is 110 cm³/mol. The van der Waals surface area contributed by atoms with Crippen LogP contribution in [-0.2, 0) is 21.4 Å². The smallest absolute Gasteiger partial charge is 0.261 e. The van der Waals surface area contributed by atoms with Crippen LogP contribution in [0.25, 0.3) is 0 Å². The van der Waals surface area contributed by atoms with Gasteiger partial charge in [-0.2, -0.15) is 4.31 Å². The summed E-state index contributed by atoms with van der Waals surface area (Å²) in [6.07, 6.45) is -0.484. The fourth-order valence-electron chi connectivity index (χ4n) is 3.68. The summed E-state index contributed by atoms with van der Waals surface area (Å²) in [6.45, 7) is 4.16. The Morgan fingerprint density at radius 3 is 2.37 bits per heavy atom. The molecular weight excluding hydrogens is 408 g/mol. The topological polar surface area (TPSA) is 116 Å². The van der Waals surface area contributed by atoms with Crippen LogP contribution in [0.5, 0.6) is 5.75 Å². The van der Waals surface area contributed by atoms with Gasteiger partial charge in [0.05, 0.1) is 11.0 Å². The van der Waals surface area contributed by atoms with E-state index in [4.69, 9.17) is 9.94 Å². The Balaban J connectivity index is 1.75. The van der Waals surface area contributed by atoms with Gasteiger partial charge in [0.25, 0.3) is 5.91 Å². The second kappa shape index (κ2) is 9.13. The first-order valence-corrected chi connectivity index (χ1v) is 11.1. The first-order valence-electron chi connectivity index (χ1n) is 9.64. The highest BCUT2D eigenvalue weighted by Gasteiger charge is 2.40. The lowest BCUT2D eigenvalue weighted by Crippen LogP contribution is -2.54. The highest BCUT2D eigenvalue weighted by molar-refractivity contribution is 7.89. The zero-order valence-corrected chi connectivity index (χ0v) is 17.7. The molecule has 2 aromatic rings. The molecule has 0 aromatic heterocycles. The van der Waals surface area contributed by atoms with Crippen LogP contribution >= 0.6 is 0 Å². The van der Waals surface area contributed by atoms with Gasteiger partial charge in [0, 0.05) is 6.54 Å². The van der Waals surface area contributed by atoms with Gasteiger partial charge in [0.2, 0.25) is 10.0 Å². The van der Waals surface area contributed by atoms with E-state index in [2.05, 4.69) is 6.07 Å². The number of hydrogen-bond donors (Lipinski definition) is 3. The van der Waals surface area contributed by atoms with Crippen molar-refractivity contribution in [2.45, 2.75) is 50.3 Å². The molecule has 2 atom stereocenters. The van der Waals surface area contributed by atoms with Gasteiger partial charge in [-0.15, -0.1) is 0 Å². The van der Waals surface area contributed by atoms with Gasteiger partial charge in [-0.1, -0.05) is 29.3 Å². The molecule has 1 fully saturated rings. The van der Waals surface area contributed by atoms with Crippen LogP contribution in [0.4, 0.5) is 0 Å². The third kappa shape index (κ3) is 4.99. The van der Waals surface area contributed by atoms with Crippen molar-refractivity contribution in [3.05, 3.63) is 59.2 Å². The van der Waals surface area contributed by atoms with Crippen molar-refractivity contribution < 1.29 is 28.3 Å². The maximum atomic E-state index is 13.0. The Bertz CT molecular complexity index is 986. The molecule has 0 aliphatic carbocycles. The third-order valence-electron chi connectivity index (χ3n) is 5.04. The Kier molecular flexibility index (Phi) is 6.77. The van der Waals surface area contributed by atoms with Crippen LogP contribution in [0.3, 0.4) is 0 Å². The number of piperidine rings is 1. The van der Waals surface area contributed by atoms with Gasteiger partial charge in [-0.05, 0) is 56.5 Å². The molecule has 0 radical (unpaired) electrons. The number of aliphatic hydroxyl groups excluding tert-OH is 1. The molecule has 0 spiro atoms. The van der Waals surface area contributed by atoms with Crippen molar-refractivity contribution in [3.63, 3.8) is 0 Å². The summed E-state index contributed by atoms with van der Waals surface area (Å²) in [5.74, 6) is -0.310. The van der Waals surface area contributed by atoms with E-state index in [-0.39, 0.29) is 24.3 Å². The average Bonchev–Trinajstić information content (AvgIpc) is 2.71. The molecule has 162 valence electrons. The summed E-state index contributed by atoms with van der Waals surface area (Å²) in [5.41, 5.74) is 4.80. The summed E-state index contributed by atoms with van der Waals surface area (Å²) in [5, 5.41) is 18.8. The molecule has 2 aromatic carbocycles. The van der Waals surface area contributed by atoms with Crippen molar-refractivity contribution in [3.8, 4) is 5.75 Å². The van der Waals surface area contributed by atoms with E-state index in [1.807, 2.05) is 26.0 Å². The number of benzene rings is 2. The van der Waals surface area contributed by atoms with Crippen LogP contribution in [0.2, 0.25) is 0 Å². The third-order valence-corrected chi connectivity index (χ3v) is 6.93. The van der Waals surface area contributed by atoms with Crippen LogP contribution < -0.4 is 10.2 Å². The van der Waals surface area contributed by atoms with Gasteiger partial charge in [-0.25, -0.2) is 13.9 Å². The Labute approximate surface area is 176 Å². The number of nitrogens with zero attached hydrogens (tertiary/aromatic N) is 1. The molecule has 0 bridgehead atoms. The zero-order chi connectivity index (χ0) is 21.9. The van der Waals surface area contributed by atoms with Crippen LogP contribution in [0, 0.1) is 13.8 Å². The number of hydroxylamine groups is 1. The van der Waals surface area contributed by atoms with Gasteiger partial charge >= 0.3 is 0 Å². The van der Waals surface area contributed by atoms with Crippen molar-refractivity contribution in [1.82, 2.24) is 9.79 Å². The average molecular weight is 435 g/mol. The number of sulfonamides is 1. The number of ether oxygens (including phenoxy) is 1. The van der Waals surface area contributed by atoms with Crippen LogP contribution in [-0.4, -0.2) is 47.6 Å². The number of aryl methyl sites for hydroxylation is 2. The van der Waals surface area contributed by atoms with E-state index in [1.54, 1.807) is 12.1 Å². The van der Waals surface area contributed by atoms with E-state index in [0.717, 1.165) is 21.0 Å². The summed E-state index contributed by atoms with van der Waals surface area (Å²) in [6, 6.07) is 11.0. The molecule has 1 aliphatic heterocycles. The summed E-state index contributed by atoms with van der Waals surface area (Å²) in [7, 11) is -4.05. The SMILES string of the molecule is Cc1cc(C)cc(COc2ccc(S(=O)(=O)N3CC(O)CCC3C(=O)NO)cc2)c1. The molecule has 3 N–H and O–H groups in total. The Morgan fingerprint density at radius 2 is 1.77 bits per heavy atom. The first-order chi connectivity index (χ1) is 14.2. The maximum Gasteiger partial charge on any atom is 0.261 e. The number of carbonyl (C=O) groups excluding carboxylic acids is 1. The number of aliphatic hydroxyl groups is 1. The normalized spacial score (nSPS) is 20.0. The van der Waals surface area contributed by atoms with Crippen molar-refractivity contribution >= 4 is 15.9 Å². The number of rotatable bonds is 6. The summed E-state index contributed by atoms with van der Waals surface area (Å²) in [4.78, 5) is 11.9. The zero-order valence-electron chi connectivity index (χ0n) is 16.9. The molecule has 2 unspecified atom stereocenters. The minimum absolute atomic E-state index is 0.0221. The van der Waals surface area contributed by atoms with Crippen molar-refractivity contribution in [2.24, 2.45) is 0 Å². The van der Waals surface area contributed by atoms with E-state index in [0.29, 0.717) is 12.4 Å². The standard InChI is InChI=1S/C21H26N2O6S/c1-14-9-15(2)11-16(10-14)13-29-18-4-6-19(7-5-18)30(27,28)23-12-17(24)3-8-20(23)21(25)22-26/h4-7,9-11,17,20,24,26H,3,8,12-13H2,1-2H3,(H,22,25). The fraction of sp³-hybridized carbons (Fsp3) is 0.381. The van der Waals surface area contributed by atoms with Crippen molar-refractivity contribution in [1.29, 1.82) is 0 Å². The molecule has 1 saturated heterocycles.